The third-order valence-corrected chi connectivity index (χ3v) is 8.59. The number of carboxylic acid groups (broad SMARTS) is 1. The number of hydrogen-bond donors (Lipinski definition) is 2. The number of hydrogen-bond acceptors (Lipinski definition) is 5. The van der Waals surface area contributed by atoms with Crippen molar-refractivity contribution in [1.29, 1.82) is 0 Å². The first-order chi connectivity index (χ1) is 17.8. The summed E-state index contributed by atoms with van der Waals surface area (Å²) in [4.78, 5) is 25.9. The predicted molar refractivity (Wildman–Crippen MR) is 146 cm³/mol. The van der Waals surface area contributed by atoms with Gasteiger partial charge in [-0.2, -0.15) is 0 Å². The Morgan fingerprint density at radius 3 is 2.43 bits per heavy atom. The second kappa shape index (κ2) is 10.2. The molecule has 2 fully saturated rings. The van der Waals surface area contributed by atoms with Gasteiger partial charge in [0, 0.05) is 23.9 Å². The van der Waals surface area contributed by atoms with Gasteiger partial charge in [-0.25, -0.2) is 19.7 Å². The van der Waals surface area contributed by atoms with Crippen molar-refractivity contribution in [3.05, 3.63) is 47.5 Å². The first kappa shape index (κ1) is 25.3. The average molecular weight is 500 g/mol. The summed E-state index contributed by atoms with van der Waals surface area (Å²) in [5.41, 5.74) is 1.96. The first-order valence-corrected chi connectivity index (χ1v) is 13.6. The van der Waals surface area contributed by atoms with E-state index < -0.39 is 11.4 Å². The van der Waals surface area contributed by atoms with E-state index >= 15 is 0 Å². The van der Waals surface area contributed by atoms with E-state index in [2.05, 4.69) is 58.7 Å². The van der Waals surface area contributed by atoms with Gasteiger partial charge < -0.3 is 15.0 Å². The quantitative estimate of drug-likeness (QED) is 0.375. The lowest BCUT2D eigenvalue weighted by Crippen LogP contribution is -2.32. The van der Waals surface area contributed by atoms with Crippen LogP contribution in [0.5, 0.6) is 0 Å². The number of imidazole rings is 1. The van der Waals surface area contributed by atoms with Crippen LogP contribution in [0.25, 0.3) is 11.2 Å². The number of aromatic nitrogens is 4. The Kier molecular flexibility index (Phi) is 6.94. The van der Waals surface area contributed by atoms with Gasteiger partial charge in [-0.3, -0.25) is 0 Å². The van der Waals surface area contributed by atoms with Crippen molar-refractivity contribution in [2.45, 2.75) is 83.7 Å². The molecule has 0 saturated heterocycles. The molecule has 5 rings (SSSR count). The van der Waals surface area contributed by atoms with E-state index in [9.17, 15) is 9.90 Å². The summed E-state index contributed by atoms with van der Waals surface area (Å²) in [5.74, 6) is 4.40. The zero-order chi connectivity index (χ0) is 26.2. The SMILES string of the molecule is C#CC1CCC(Cn2c(C(C)(C)c3ccccc3)nc3nc(C(=O)O)nc(N[C@H](C)C4CCC4)c32)CC1. The molecule has 2 aliphatic carbocycles. The van der Waals surface area contributed by atoms with Crippen molar-refractivity contribution in [3.63, 3.8) is 0 Å². The highest BCUT2D eigenvalue weighted by Gasteiger charge is 2.34. The molecule has 2 N–H and O–H groups in total. The number of rotatable bonds is 8. The van der Waals surface area contributed by atoms with Crippen LogP contribution in [0.4, 0.5) is 5.82 Å². The molecular weight excluding hydrogens is 462 g/mol. The second-order valence-corrected chi connectivity index (χ2v) is 11.4. The van der Waals surface area contributed by atoms with Crippen molar-refractivity contribution >= 4 is 23.0 Å². The number of benzene rings is 1. The fourth-order valence-corrected chi connectivity index (χ4v) is 5.91. The monoisotopic (exact) mass is 499 g/mol. The molecule has 1 atom stereocenters. The number of nitrogens with one attached hydrogen (secondary N) is 1. The van der Waals surface area contributed by atoms with Crippen LogP contribution < -0.4 is 5.32 Å². The highest BCUT2D eigenvalue weighted by atomic mass is 16.4. The Morgan fingerprint density at radius 1 is 1.14 bits per heavy atom. The van der Waals surface area contributed by atoms with Crippen molar-refractivity contribution in [3.8, 4) is 12.3 Å². The van der Waals surface area contributed by atoms with Crippen LogP contribution >= 0.6 is 0 Å². The second-order valence-electron chi connectivity index (χ2n) is 11.4. The maximum atomic E-state index is 12.0. The maximum absolute atomic E-state index is 12.0. The summed E-state index contributed by atoms with van der Waals surface area (Å²) in [6.07, 6.45) is 13.5. The van der Waals surface area contributed by atoms with E-state index in [1.54, 1.807) is 0 Å². The summed E-state index contributed by atoms with van der Waals surface area (Å²) in [5, 5.41) is 13.4. The summed E-state index contributed by atoms with van der Waals surface area (Å²) < 4.78 is 2.27. The van der Waals surface area contributed by atoms with E-state index in [0.29, 0.717) is 29.2 Å². The minimum Gasteiger partial charge on any atom is -0.475 e. The highest BCUT2D eigenvalue weighted by molar-refractivity contribution is 5.91. The molecule has 2 aliphatic rings. The van der Waals surface area contributed by atoms with Crippen LogP contribution in [0.1, 0.15) is 87.7 Å². The van der Waals surface area contributed by atoms with Gasteiger partial charge in [0.15, 0.2) is 11.5 Å². The normalized spacial score (nSPS) is 21.2. The molecule has 194 valence electrons. The van der Waals surface area contributed by atoms with E-state index in [0.717, 1.165) is 49.1 Å². The Hall–Kier alpha value is -3.40. The van der Waals surface area contributed by atoms with Gasteiger partial charge in [0.25, 0.3) is 0 Å². The lowest BCUT2D eigenvalue weighted by molar-refractivity contribution is 0.0684. The smallest absolute Gasteiger partial charge is 0.374 e. The summed E-state index contributed by atoms with van der Waals surface area (Å²) in [7, 11) is 0. The van der Waals surface area contributed by atoms with Gasteiger partial charge in [0.2, 0.25) is 5.82 Å². The first-order valence-electron chi connectivity index (χ1n) is 13.6. The zero-order valence-corrected chi connectivity index (χ0v) is 22.1. The summed E-state index contributed by atoms with van der Waals surface area (Å²) in [6, 6.07) is 10.5. The average Bonchev–Trinajstić information content (AvgIpc) is 3.23. The number of carbonyl (C=O) groups is 1. The molecule has 7 heteroatoms. The van der Waals surface area contributed by atoms with Gasteiger partial charge in [0.1, 0.15) is 11.3 Å². The minimum absolute atomic E-state index is 0.188. The largest absolute Gasteiger partial charge is 0.475 e. The maximum Gasteiger partial charge on any atom is 0.374 e. The van der Waals surface area contributed by atoms with E-state index in [1.165, 1.54) is 19.3 Å². The molecule has 0 bridgehead atoms. The topological polar surface area (TPSA) is 92.9 Å². The van der Waals surface area contributed by atoms with Crippen LogP contribution in [0.3, 0.4) is 0 Å². The van der Waals surface area contributed by atoms with Gasteiger partial charge in [-0.15, -0.1) is 12.3 Å². The molecular formula is C30H37N5O2. The van der Waals surface area contributed by atoms with Gasteiger partial charge in [0.05, 0.1) is 0 Å². The Labute approximate surface area is 219 Å². The molecule has 2 heterocycles. The molecule has 0 radical (unpaired) electrons. The minimum atomic E-state index is -1.15. The highest BCUT2D eigenvalue weighted by Crippen LogP contribution is 2.38. The predicted octanol–water partition coefficient (Wildman–Crippen LogP) is 5.89. The van der Waals surface area contributed by atoms with Crippen molar-refractivity contribution in [2.75, 3.05) is 5.32 Å². The zero-order valence-electron chi connectivity index (χ0n) is 22.1. The van der Waals surface area contributed by atoms with Crippen molar-refractivity contribution in [1.82, 2.24) is 19.5 Å². The van der Waals surface area contributed by atoms with Crippen LogP contribution in [0, 0.1) is 30.1 Å². The van der Waals surface area contributed by atoms with Crippen molar-refractivity contribution < 1.29 is 9.90 Å². The van der Waals surface area contributed by atoms with Gasteiger partial charge in [-0.05, 0) is 76.7 Å². The molecule has 0 aliphatic heterocycles. The number of nitrogens with zero attached hydrogens (tertiary/aromatic N) is 4. The van der Waals surface area contributed by atoms with Crippen LogP contribution in [-0.2, 0) is 12.0 Å². The van der Waals surface area contributed by atoms with Gasteiger partial charge in [-0.1, -0.05) is 36.8 Å². The summed E-state index contributed by atoms with van der Waals surface area (Å²) in [6.45, 7) is 7.28. The molecule has 1 aromatic carbocycles. The fourth-order valence-electron chi connectivity index (χ4n) is 5.91. The third-order valence-electron chi connectivity index (χ3n) is 8.59. The standard InChI is InChI=1S/C30H37N5O2/c1-5-20-14-16-21(17-15-20)18-35-24-25(31-19(2)22-10-9-11-22)32-27(28(36)37)33-26(24)34-29(35)30(3,4)23-12-7-6-8-13-23/h1,6-8,12-13,19-22H,9-11,14-18H2,2-4H3,(H,36,37)(H,31,32,33)/t19-,20?,21?/m1/s1. The van der Waals surface area contributed by atoms with E-state index in [-0.39, 0.29) is 11.9 Å². The lowest BCUT2D eigenvalue weighted by Gasteiger charge is -2.33. The fraction of sp³-hybridized carbons (Fsp3) is 0.533. The van der Waals surface area contributed by atoms with Crippen LogP contribution in [0.15, 0.2) is 30.3 Å². The van der Waals surface area contributed by atoms with E-state index in [4.69, 9.17) is 11.4 Å². The molecule has 0 spiro atoms. The summed E-state index contributed by atoms with van der Waals surface area (Å²) >= 11 is 0. The Morgan fingerprint density at radius 2 is 1.84 bits per heavy atom. The Bertz CT molecular complexity index is 1310. The molecule has 3 aromatic rings. The van der Waals surface area contributed by atoms with E-state index in [1.807, 2.05) is 18.2 Å². The molecule has 0 unspecified atom stereocenters. The van der Waals surface area contributed by atoms with Gasteiger partial charge >= 0.3 is 5.97 Å². The number of terminal acetylenes is 1. The van der Waals surface area contributed by atoms with Crippen LogP contribution in [-0.4, -0.2) is 36.6 Å². The number of anilines is 1. The number of carboxylic acids is 1. The lowest BCUT2D eigenvalue weighted by atomic mass is 9.80. The molecule has 0 amide bonds. The van der Waals surface area contributed by atoms with Crippen molar-refractivity contribution in [2.24, 2.45) is 17.8 Å². The Balaban J connectivity index is 1.65. The number of aromatic carboxylic acids is 1. The molecule has 2 saturated carbocycles. The molecule has 7 nitrogen and oxygen atoms in total. The molecule has 2 aromatic heterocycles. The molecule has 37 heavy (non-hydrogen) atoms. The third kappa shape index (κ3) is 4.94. The number of fused-ring (bicyclic) bond motifs is 1. The van der Waals surface area contributed by atoms with Crippen LogP contribution in [0.2, 0.25) is 0 Å².